The molecule has 1 amide bonds. The third kappa shape index (κ3) is 4.31. The fourth-order valence-electron chi connectivity index (χ4n) is 3.54. The highest BCUT2D eigenvalue weighted by Gasteiger charge is 2.48. The number of methoxy groups -OCH3 is 1. The summed E-state index contributed by atoms with van der Waals surface area (Å²) >= 11 is 0. The van der Waals surface area contributed by atoms with Crippen molar-refractivity contribution in [1.29, 1.82) is 0 Å². The van der Waals surface area contributed by atoms with Gasteiger partial charge in [-0.15, -0.1) is 0 Å². The van der Waals surface area contributed by atoms with E-state index < -0.39 is 15.9 Å². The van der Waals surface area contributed by atoms with E-state index in [1.807, 2.05) is 30.3 Å². The van der Waals surface area contributed by atoms with Crippen molar-refractivity contribution in [2.45, 2.75) is 18.7 Å². The lowest BCUT2D eigenvalue weighted by molar-refractivity contribution is 0.0180. The molecule has 1 aromatic rings. The van der Waals surface area contributed by atoms with Crippen LogP contribution < -0.4 is 0 Å². The van der Waals surface area contributed by atoms with Gasteiger partial charge in [0.1, 0.15) is 6.61 Å². The first-order valence-electron chi connectivity index (χ1n) is 8.41. The van der Waals surface area contributed by atoms with Crippen LogP contribution in [0.5, 0.6) is 0 Å². The molecule has 3 rings (SSSR count). The molecule has 0 radical (unpaired) electrons. The summed E-state index contributed by atoms with van der Waals surface area (Å²) in [6.07, 6.45) is -0.442. The molecule has 0 saturated carbocycles. The average molecular weight is 368 g/mol. The number of ether oxygens (including phenoxy) is 2. The molecule has 8 heteroatoms. The Morgan fingerprint density at radius 1 is 1.16 bits per heavy atom. The number of benzene rings is 1. The van der Waals surface area contributed by atoms with Crippen molar-refractivity contribution < 1.29 is 22.7 Å². The van der Waals surface area contributed by atoms with Gasteiger partial charge in [-0.2, -0.15) is 0 Å². The fraction of sp³-hybridized carbons (Fsp3) is 0.588. The molecular formula is C17H24N2O5S. The molecule has 0 spiro atoms. The van der Waals surface area contributed by atoms with Crippen LogP contribution in [0, 0.1) is 0 Å². The molecular weight excluding hydrogens is 344 g/mol. The maximum Gasteiger partial charge on any atom is 0.410 e. The fourth-order valence-corrected chi connectivity index (χ4v) is 5.55. The van der Waals surface area contributed by atoms with Crippen molar-refractivity contribution in [1.82, 2.24) is 9.80 Å². The number of hydrogen-bond acceptors (Lipinski definition) is 6. The first-order chi connectivity index (χ1) is 12.0. The number of amides is 1. The van der Waals surface area contributed by atoms with Crippen molar-refractivity contribution in [3.63, 3.8) is 0 Å². The number of hydrogen-bond donors (Lipinski definition) is 0. The third-order valence-corrected chi connectivity index (χ3v) is 6.51. The van der Waals surface area contributed by atoms with Gasteiger partial charge in [0.05, 0.1) is 24.2 Å². The van der Waals surface area contributed by atoms with Crippen LogP contribution in [-0.4, -0.2) is 81.3 Å². The molecule has 1 aromatic carbocycles. The predicted octanol–water partition coefficient (Wildman–Crippen LogP) is 0.753. The van der Waals surface area contributed by atoms with E-state index >= 15 is 0 Å². The van der Waals surface area contributed by atoms with Crippen LogP contribution in [0.25, 0.3) is 0 Å². The van der Waals surface area contributed by atoms with Gasteiger partial charge in [0.2, 0.25) is 0 Å². The quantitative estimate of drug-likeness (QED) is 0.764. The molecule has 2 aliphatic rings. The maximum atomic E-state index is 12.5. The Morgan fingerprint density at radius 3 is 2.60 bits per heavy atom. The van der Waals surface area contributed by atoms with Crippen molar-refractivity contribution in [3.8, 4) is 0 Å². The van der Waals surface area contributed by atoms with Gasteiger partial charge in [0, 0.05) is 32.8 Å². The molecule has 2 heterocycles. The largest absolute Gasteiger partial charge is 0.445 e. The van der Waals surface area contributed by atoms with Gasteiger partial charge in [-0.3, -0.25) is 4.90 Å². The molecule has 0 aromatic heterocycles. The highest BCUT2D eigenvalue weighted by molar-refractivity contribution is 7.91. The molecule has 2 saturated heterocycles. The van der Waals surface area contributed by atoms with Crippen molar-refractivity contribution in [2.24, 2.45) is 0 Å². The normalized spacial score (nSPS) is 25.6. The standard InChI is InChI=1S/C17H24N2O5S/c1-23-10-9-18-7-8-19(16-13-25(21,22)12-15(16)18)17(20)24-11-14-5-3-2-4-6-14/h2-6,15-16H,7-13H2,1H3. The molecule has 2 aliphatic heterocycles. The molecule has 25 heavy (non-hydrogen) atoms. The van der Waals surface area contributed by atoms with Gasteiger partial charge in [-0.05, 0) is 5.56 Å². The summed E-state index contributed by atoms with van der Waals surface area (Å²) in [5, 5.41) is 0. The molecule has 0 bridgehead atoms. The lowest BCUT2D eigenvalue weighted by Gasteiger charge is -2.43. The van der Waals surface area contributed by atoms with Gasteiger partial charge in [0.25, 0.3) is 0 Å². The smallest absolute Gasteiger partial charge is 0.410 e. The van der Waals surface area contributed by atoms with Crippen LogP contribution in [0.15, 0.2) is 30.3 Å². The minimum absolute atomic E-state index is 0.00157. The predicted molar refractivity (Wildman–Crippen MR) is 93.0 cm³/mol. The Morgan fingerprint density at radius 2 is 1.88 bits per heavy atom. The Balaban J connectivity index is 1.66. The number of carbonyl (C=O) groups is 1. The van der Waals surface area contributed by atoms with E-state index in [0.29, 0.717) is 26.2 Å². The summed E-state index contributed by atoms with van der Waals surface area (Å²) in [7, 11) is -1.53. The SMILES string of the molecule is COCCN1CCN(C(=O)OCc2ccccc2)C2CS(=O)(=O)CC21. The topological polar surface area (TPSA) is 76.2 Å². The van der Waals surface area contributed by atoms with Crippen molar-refractivity contribution in [2.75, 3.05) is 44.9 Å². The van der Waals surface area contributed by atoms with E-state index in [4.69, 9.17) is 9.47 Å². The zero-order valence-electron chi connectivity index (χ0n) is 14.3. The Labute approximate surface area is 148 Å². The number of nitrogens with zero attached hydrogens (tertiary/aromatic N) is 2. The van der Waals surface area contributed by atoms with Crippen molar-refractivity contribution >= 4 is 15.9 Å². The minimum Gasteiger partial charge on any atom is -0.445 e. The summed E-state index contributed by atoms with van der Waals surface area (Å²) in [6, 6.07) is 8.92. The average Bonchev–Trinajstić information content (AvgIpc) is 2.93. The third-order valence-electron chi connectivity index (χ3n) is 4.81. The second kappa shape index (κ2) is 7.72. The zero-order chi connectivity index (χ0) is 17.9. The van der Waals surface area contributed by atoms with Crippen LogP contribution in [-0.2, 0) is 25.9 Å². The molecule has 2 unspecified atom stereocenters. The van der Waals surface area contributed by atoms with Crippen LogP contribution in [0.3, 0.4) is 0 Å². The van der Waals surface area contributed by atoms with Gasteiger partial charge in [-0.25, -0.2) is 13.2 Å². The van der Waals surface area contributed by atoms with Gasteiger partial charge in [0.15, 0.2) is 9.84 Å². The number of rotatable bonds is 5. The maximum absolute atomic E-state index is 12.5. The highest BCUT2D eigenvalue weighted by Crippen LogP contribution is 2.27. The van der Waals surface area contributed by atoms with Gasteiger partial charge < -0.3 is 14.4 Å². The number of fused-ring (bicyclic) bond motifs is 1. The van der Waals surface area contributed by atoms with Gasteiger partial charge in [-0.1, -0.05) is 30.3 Å². The summed E-state index contributed by atoms with van der Waals surface area (Å²) < 4.78 is 34.8. The van der Waals surface area contributed by atoms with E-state index in [-0.39, 0.29) is 30.2 Å². The second-order valence-corrected chi connectivity index (χ2v) is 8.63. The molecule has 0 aliphatic carbocycles. The lowest BCUT2D eigenvalue weighted by atomic mass is 10.1. The molecule has 0 N–H and O–H groups in total. The number of carbonyl (C=O) groups excluding carboxylic acids is 1. The lowest BCUT2D eigenvalue weighted by Crippen LogP contribution is -2.61. The summed E-state index contributed by atoms with van der Waals surface area (Å²) in [4.78, 5) is 16.2. The van der Waals surface area contributed by atoms with Gasteiger partial charge >= 0.3 is 6.09 Å². The Hall–Kier alpha value is -1.64. The minimum atomic E-state index is -3.15. The van der Waals surface area contributed by atoms with E-state index in [1.165, 1.54) is 0 Å². The van der Waals surface area contributed by atoms with E-state index in [9.17, 15) is 13.2 Å². The Bertz CT molecular complexity index is 694. The molecule has 2 atom stereocenters. The van der Waals surface area contributed by atoms with Crippen LogP contribution in [0.1, 0.15) is 5.56 Å². The zero-order valence-corrected chi connectivity index (χ0v) is 15.2. The first-order valence-corrected chi connectivity index (χ1v) is 10.2. The second-order valence-electron chi connectivity index (χ2n) is 6.47. The van der Waals surface area contributed by atoms with E-state index in [2.05, 4.69) is 4.90 Å². The van der Waals surface area contributed by atoms with E-state index in [1.54, 1.807) is 12.0 Å². The Kier molecular flexibility index (Phi) is 5.61. The number of sulfone groups is 1. The summed E-state index contributed by atoms with van der Waals surface area (Å²) in [6.45, 7) is 2.49. The van der Waals surface area contributed by atoms with Crippen LogP contribution in [0.4, 0.5) is 4.79 Å². The van der Waals surface area contributed by atoms with Crippen LogP contribution in [0.2, 0.25) is 0 Å². The van der Waals surface area contributed by atoms with E-state index in [0.717, 1.165) is 5.56 Å². The first kappa shape index (κ1) is 18.2. The summed E-state index contributed by atoms with van der Waals surface area (Å²) in [5.74, 6) is 0.0887. The molecule has 2 fully saturated rings. The number of piperazine rings is 1. The van der Waals surface area contributed by atoms with Crippen LogP contribution >= 0.6 is 0 Å². The highest BCUT2D eigenvalue weighted by atomic mass is 32.2. The van der Waals surface area contributed by atoms with Crippen molar-refractivity contribution in [3.05, 3.63) is 35.9 Å². The molecule has 138 valence electrons. The summed E-state index contributed by atoms with van der Waals surface area (Å²) in [5.41, 5.74) is 0.908. The molecule has 7 nitrogen and oxygen atoms in total. The monoisotopic (exact) mass is 368 g/mol.